The van der Waals surface area contributed by atoms with Crippen LogP contribution in [0.5, 0.6) is 5.75 Å². The van der Waals surface area contributed by atoms with Crippen molar-refractivity contribution >= 4 is 16.7 Å². The number of hydrogen-bond acceptors (Lipinski definition) is 2. The molecule has 0 atom stereocenters. The van der Waals surface area contributed by atoms with Gasteiger partial charge in [0.05, 0.1) is 11.1 Å². The van der Waals surface area contributed by atoms with E-state index in [9.17, 15) is 18.0 Å². The van der Waals surface area contributed by atoms with Crippen LogP contribution in [0.1, 0.15) is 32.6 Å². The van der Waals surface area contributed by atoms with Crippen LogP contribution in [0.3, 0.4) is 0 Å². The number of carbonyl (C=O) groups excluding carboxylic acids is 1. The third-order valence-electron chi connectivity index (χ3n) is 5.66. The van der Waals surface area contributed by atoms with Crippen molar-refractivity contribution in [1.82, 2.24) is 0 Å². The van der Waals surface area contributed by atoms with E-state index in [1.807, 2.05) is 19.1 Å². The topological polar surface area (TPSA) is 26.3 Å². The Hall–Kier alpha value is -3.67. The quantitative estimate of drug-likeness (QED) is 0.183. The summed E-state index contributed by atoms with van der Waals surface area (Å²) in [4.78, 5) is 12.7. The molecule has 0 aliphatic carbocycles. The molecule has 0 saturated carbocycles. The Morgan fingerprint density at radius 2 is 1.36 bits per heavy atom. The van der Waals surface area contributed by atoms with Crippen molar-refractivity contribution in [2.45, 2.75) is 27.7 Å². The minimum absolute atomic E-state index is 0.0234. The predicted molar refractivity (Wildman–Crippen MR) is 120 cm³/mol. The smallest absolute Gasteiger partial charge is 0.344 e. The highest BCUT2D eigenvalue weighted by atomic mass is 19.1. The highest BCUT2D eigenvalue weighted by Crippen LogP contribution is 2.35. The number of halogens is 4. The van der Waals surface area contributed by atoms with Gasteiger partial charge in [-0.15, -0.1) is 0 Å². The molecule has 4 aromatic rings. The normalized spacial score (nSPS) is 11.2. The highest BCUT2D eigenvalue weighted by Gasteiger charge is 2.20. The zero-order valence-electron chi connectivity index (χ0n) is 18.4. The molecule has 0 unspecified atom stereocenters. The minimum atomic E-state index is -0.989. The summed E-state index contributed by atoms with van der Waals surface area (Å²) in [5.41, 5.74) is 1.96. The Kier molecular flexibility index (Phi) is 5.70. The number of aryl methyl sites for hydroxylation is 3. The molecule has 0 amide bonds. The maximum atomic E-state index is 15.2. The van der Waals surface area contributed by atoms with Crippen molar-refractivity contribution < 1.29 is 27.1 Å². The van der Waals surface area contributed by atoms with Gasteiger partial charge >= 0.3 is 5.97 Å². The van der Waals surface area contributed by atoms with Gasteiger partial charge in [-0.05, 0) is 86.2 Å². The monoisotopic (exact) mass is 452 g/mol. The third kappa shape index (κ3) is 4.09. The van der Waals surface area contributed by atoms with Crippen molar-refractivity contribution in [2.24, 2.45) is 0 Å². The zero-order chi connectivity index (χ0) is 24.0. The van der Waals surface area contributed by atoms with E-state index in [0.29, 0.717) is 5.56 Å². The first-order valence-corrected chi connectivity index (χ1v) is 10.2. The van der Waals surface area contributed by atoms with Crippen molar-refractivity contribution in [3.63, 3.8) is 0 Å². The molecule has 0 radical (unpaired) electrons. The molecule has 33 heavy (non-hydrogen) atoms. The number of carbonyl (C=O) groups is 1. The molecular formula is C27H20F4O2. The van der Waals surface area contributed by atoms with Gasteiger partial charge in [-0.3, -0.25) is 0 Å². The van der Waals surface area contributed by atoms with E-state index >= 15 is 4.39 Å². The second kappa shape index (κ2) is 8.35. The lowest BCUT2D eigenvalue weighted by Crippen LogP contribution is -2.12. The van der Waals surface area contributed by atoms with Crippen LogP contribution in [0.2, 0.25) is 0 Å². The fourth-order valence-electron chi connectivity index (χ4n) is 4.09. The van der Waals surface area contributed by atoms with Crippen LogP contribution in [0.25, 0.3) is 21.9 Å². The average Bonchev–Trinajstić information content (AvgIpc) is 2.71. The standard InChI is InChI=1S/C27H20F4O2/c1-13-7-14(2)24(15(3)8-13)27(32)33-19-5-6-20-17(9-19)10-23(30)25(26(20)31)18-11-21(28)16(4)22(29)12-18/h5-12H,1-4H3. The van der Waals surface area contributed by atoms with Crippen LogP contribution >= 0.6 is 0 Å². The van der Waals surface area contributed by atoms with Crippen LogP contribution in [0.4, 0.5) is 17.6 Å². The fraction of sp³-hybridized carbons (Fsp3) is 0.148. The molecule has 4 rings (SSSR count). The van der Waals surface area contributed by atoms with Crippen LogP contribution in [0.15, 0.2) is 48.5 Å². The molecule has 6 heteroatoms. The molecule has 0 aliphatic heterocycles. The van der Waals surface area contributed by atoms with Gasteiger partial charge in [0, 0.05) is 10.9 Å². The van der Waals surface area contributed by atoms with Crippen molar-refractivity contribution in [2.75, 3.05) is 0 Å². The fourth-order valence-corrected chi connectivity index (χ4v) is 4.09. The lowest BCUT2D eigenvalue weighted by molar-refractivity contribution is 0.0733. The molecule has 0 fully saturated rings. The van der Waals surface area contributed by atoms with Crippen LogP contribution in [0, 0.1) is 51.0 Å². The summed E-state index contributed by atoms with van der Waals surface area (Å²) in [6, 6.07) is 10.6. The summed E-state index contributed by atoms with van der Waals surface area (Å²) >= 11 is 0. The van der Waals surface area contributed by atoms with E-state index in [-0.39, 0.29) is 27.6 Å². The van der Waals surface area contributed by atoms with Gasteiger partial charge in [-0.25, -0.2) is 22.4 Å². The largest absolute Gasteiger partial charge is 0.423 e. The van der Waals surface area contributed by atoms with Gasteiger partial charge in [0.2, 0.25) is 0 Å². The maximum absolute atomic E-state index is 15.2. The maximum Gasteiger partial charge on any atom is 0.344 e. The van der Waals surface area contributed by atoms with E-state index in [2.05, 4.69) is 0 Å². The SMILES string of the molecule is Cc1cc(C)c(C(=O)Oc2ccc3c(F)c(-c4cc(F)c(C)c(F)c4)c(F)cc3c2)c(C)c1. The Morgan fingerprint density at radius 1 is 0.758 bits per heavy atom. The molecule has 168 valence electrons. The second-order valence-corrected chi connectivity index (χ2v) is 8.16. The lowest BCUT2D eigenvalue weighted by atomic mass is 9.98. The molecule has 2 nitrogen and oxygen atoms in total. The minimum Gasteiger partial charge on any atom is -0.423 e. The molecule has 0 aromatic heterocycles. The van der Waals surface area contributed by atoms with Crippen molar-refractivity contribution in [3.05, 3.63) is 99.6 Å². The van der Waals surface area contributed by atoms with Gasteiger partial charge in [0.25, 0.3) is 0 Å². The van der Waals surface area contributed by atoms with Gasteiger partial charge in [-0.2, -0.15) is 0 Å². The molecule has 0 bridgehead atoms. The average molecular weight is 452 g/mol. The molecule has 0 N–H and O–H groups in total. The zero-order valence-corrected chi connectivity index (χ0v) is 18.4. The number of ether oxygens (including phenoxy) is 1. The Labute approximate surface area is 188 Å². The van der Waals surface area contributed by atoms with Crippen molar-refractivity contribution in [3.8, 4) is 16.9 Å². The molecule has 0 heterocycles. The Morgan fingerprint density at radius 3 is 1.97 bits per heavy atom. The molecule has 4 aromatic carbocycles. The summed E-state index contributed by atoms with van der Waals surface area (Å²) in [5, 5.41) is 0.166. The molecule has 0 aliphatic rings. The van der Waals surface area contributed by atoms with E-state index in [1.165, 1.54) is 25.1 Å². The highest BCUT2D eigenvalue weighted by molar-refractivity contribution is 5.95. The number of esters is 1. The first kappa shape index (κ1) is 22.5. The summed E-state index contributed by atoms with van der Waals surface area (Å²) < 4.78 is 63.4. The van der Waals surface area contributed by atoms with Crippen LogP contribution in [-0.4, -0.2) is 5.97 Å². The first-order valence-electron chi connectivity index (χ1n) is 10.2. The predicted octanol–water partition coefficient (Wildman–Crippen LogP) is 7.52. The number of benzene rings is 4. The van der Waals surface area contributed by atoms with Gasteiger partial charge in [-0.1, -0.05) is 17.7 Å². The summed E-state index contributed by atoms with van der Waals surface area (Å²) in [7, 11) is 0. The van der Waals surface area contributed by atoms with Gasteiger partial charge < -0.3 is 4.74 Å². The summed E-state index contributed by atoms with van der Waals surface area (Å²) in [6.45, 7) is 6.78. The Bertz CT molecular complexity index is 1390. The molecule has 0 spiro atoms. The van der Waals surface area contributed by atoms with Crippen molar-refractivity contribution in [1.29, 1.82) is 0 Å². The van der Waals surface area contributed by atoms with E-state index in [0.717, 1.165) is 34.9 Å². The number of hydrogen-bond donors (Lipinski definition) is 0. The molecular weight excluding hydrogens is 432 g/mol. The van der Waals surface area contributed by atoms with Gasteiger partial charge in [0.15, 0.2) is 0 Å². The van der Waals surface area contributed by atoms with Crippen LogP contribution < -0.4 is 4.74 Å². The summed E-state index contributed by atoms with van der Waals surface area (Å²) in [5.74, 6) is -4.20. The second-order valence-electron chi connectivity index (χ2n) is 8.16. The molecule has 0 saturated heterocycles. The number of fused-ring (bicyclic) bond motifs is 1. The summed E-state index contributed by atoms with van der Waals surface area (Å²) in [6.07, 6.45) is 0. The number of rotatable bonds is 3. The first-order chi connectivity index (χ1) is 15.6. The Balaban J connectivity index is 1.74. The van der Waals surface area contributed by atoms with E-state index in [4.69, 9.17) is 4.74 Å². The third-order valence-corrected chi connectivity index (χ3v) is 5.66. The van der Waals surface area contributed by atoms with Crippen LogP contribution in [-0.2, 0) is 0 Å². The van der Waals surface area contributed by atoms with E-state index < -0.39 is 34.8 Å². The van der Waals surface area contributed by atoms with Gasteiger partial charge in [0.1, 0.15) is 29.0 Å². The lowest BCUT2D eigenvalue weighted by Gasteiger charge is -2.13. The van der Waals surface area contributed by atoms with E-state index in [1.54, 1.807) is 13.8 Å².